The number of rotatable bonds is 2. The summed E-state index contributed by atoms with van der Waals surface area (Å²) in [7, 11) is 0.0811. The third kappa shape index (κ3) is 1.77. The minimum atomic E-state index is -3.54. The summed E-state index contributed by atoms with van der Waals surface area (Å²) in [5.41, 5.74) is 6.24. The molecule has 20 heavy (non-hydrogen) atoms. The lowest BCUT2D eigenvalue weighted by atomic mass is 10.1. The molecule has 1 aromatic rings. The van der Waals surface area contributed by atoms with Crippen molar-refractivity contribution in [3.05, 3.63) is 23.8 Å². The largest absolute Gasteiger partial charge is 0.366 e. The van der Waals surface area contributed by atoms with Gasteiger partial charge in [0.15, 0.2) is 12.4 Å². The standard InChI is InChI=1S/C13H17N3O3S/c1-15-8-16(2,10-4-5-10)11-6-3-9(13(14)17)7-12(11)20(15,18)19/h3,6-7,10H,4-5,8H2,1-2H3,(H-,14,17)/p+1. The molecule has 0 aromatic heterocycles. The number of carbonyl (C=O) groups excluding carboxylic acids is 1. The number of quaternary nitrogens is 1. The number of hydrogen-bond donors (Lipinski definition) is 1. The molecular formula is C13H18N3O3S+. The van der Waals surface area contributed by atoms with Crippen molar-refractivity contribution in [3.63, 3.8) is 0 Å². The van der Waals surface area contributed by atoms with Crippen molar-refractivity contribution in [3.8, 4) is 0 Å². The summed E-state index contributed by atoms with van der Waals surface area (Å²) in [5, 5.41) is 0. The molecule has 2 aliphatic rings. The Kier molecular flexibility index (Phi) is 2.73. The monoisotopic (exact) mass is 296 g/mol. The van der Waals surface area contributed by atoms with Gasteiger partial charge in [0.05, 0.1) is 13.1 Å². The van der Waals surface area contributed by atoms with E-state index in [0.29, 0.717) is 17.2 Å². The molecule has 1 amide bonds. The van der Waals surface area contributed by atoms with E-state index in [1.807, 2.05) is 7.05 Å². The van der Waals surface area contributed by atoms with E-state index in [-0.39, 0.29) is 10.5 Å². The molecule has 0 saturated heterocycles. The first-order chi connectivity index (χ1) is 9.26. The fourth-order valence-electron chi connectivity index (χ4n) is 2.99. The van der Waals surface area contributed by atoms with E-state index < -0.39 is 15.9 Å². The molecule has 1 unspecified atom stereocenters. The van der Waals surface area contributed by atoms with Crippen molar-refractivity contribution >= 4 is 21.6 Å². The van der Waals surface area contributed by atoms with E-state index in [9.17, 15) is 13.2 Å². The van der Waals surface area contributed by atoms with Gasteiger partial charge in [0.2, 0.25) is 5.91 Å². The Morgan fingerprint density at radius 2 is 2.05 bits per heavy atom. The molecule has 7 heteroatoms. The first-order valence-electron chi connectivity index (χ1n) is 6.53. The number of nitrogens with two attached hydrogens (primary N) is 1. The molecule has 0 radical (unpaired) electrons. The van der Waals surface area contributed by atoms with Gasteiger partial charge in [0.25, 0.3) is 10.0 Å². The molecule has 1 aromatic carbocycles. The Balaban J connectivity index is 2.26. The van der Waals surface area contributed by atoms with E-state index in [2.05, 4.69) is 0 Å². The number of fused-ring (bicyclic) bond motifs is 1. The second kappa shape index (κ2) is 4.03. The molecule has 0 bridgehead atoms. The highest BCUT2D eigenvalue weighted by atomic mass is 32.2. The maximum Gasteiger partial charge on any atom is 0.253 e. The van der Waals surface area contributed by atoms with Crippen molar-refractivity contribution in [2.75, 3.05) is 20.8 Å². The third-order valence-corrected chi connectivity index (χ3v) is 6.15. The number of carbonyl (C=O) groups is 1. The summed E-state index contributed by atoms with van der Waals surface area (Å²) in [6.07, 6.45) is 2.20. The average Bonchev–Trinajstić information content (AvgIpc) is 3.20. The van der Waals surface area contributed by atoms with Crippen molar-refractivity contribution in [2.45, 2.75) is 23.8 Å². The fraction of sp³-hybridized carbons (Fsp3) is 0.462. The van der Waals surface area contributed by atoms with Crippen LogP contribution in [0.5, 0.6) is 0 Å². The normalized spacial score (nSPS) is 28.9. The first-order valence-corrected chi connectivity index (χ1v) is 7.97. The molecule has 1 saturated carbocycles. The van der Waals surface area contributed by atoms with Crippen LogP contribution in [0.25, 0.3) is 0 Å². The van der Waals surface area contributed by atoms with Gasteiger partial charge in [-0.1, -0.05) is 0 Å². The Hall–Kier alpha value is -1.44. The summed E-state index contributed by atoms with van der Waals surface area (Å²) in [6.45, 7) is 0.427. The zero-order valence-electron chi connectivity index (χ0n) is 11.5. The Bertz CT molecular complexity index is 697. The van der Waals surface area contributed by atoms with E-state index in [1.54, 1.807) is 19.2 Å². The van der Waals surface area contributed by atoms with Crippen LogP contribution in [-0.4, -0.2) is 45.4 Å². The van der Waals surface area contributed by atoms with Gasteiger partial charge in [-0.05, 0) is 12.1 Å². The molecule has 1 aliphatic carbocycles. The van der Waals surface area contributed by atoms with Gasteiger partial charge < -0.3 is 5.73 Å². The lowest BCUT2D eigenvalue weighted by Gasteiger charge is -2.42. The summed E-state index contributed by atoms with van der Waals surface area (Å²) in [6, 6.07) is 5.20. The molecule has 2 N–H and O–H groups in total. The lowest BCUT2D eigenvalue weighted by molar-refractivity contribution is 0.1000. The minimum absolute atomic E-state index is 0.206. The molecular weight excluding hydrogens is 278 g/mol. The topological polar surface area (TPSA) is 80.5 Å². The third-order valence-electron chi connectivity index (χ3n) is 4.33. The van der Waals surface area contributed by atoms with Gasteiger partial charge in [-0.15, -0.1) is 0 Å². The number of nitrogens with zero attached hydrogens (tertiary/aromatic N) is 2. The highest BCUT2D eigenvalue weighted by molar-refractivity contribution is 7.89. The smallest absolute Gasteiger partial charge is 0.253 e. The predicted octanol–water partition coefficient (Wildman–Crippen LogP) is 0.477. The number of amides is 1. The maximum absolute atomic E-state index is 12.5. The van der Waals surface area contributed by atoms with Gasteiger partial charge in [0, 0.05) is 31.5 Å². The molecule has 108 valence electrons. The fourth-order valence-corrected chi connectivity index (χ4v) is 4.53. The van der Waals surface area contributed by atoms with Gasteiger partial charge in [-0.3, -0.25) is 9.28 Å². The molecule has 0 spiro atoms. The quantitative estimate of drug-likeness (QED) is 0.806. The van der Waals surface area contributed by atoms with E-state index in [4.69, 9.17) is 5.73 Å². The van der Waals surface area contributed by atoms with Crippen LogP contribution >= 0.6 is 0 Å². The van der Waals surface area contributed by atoms with Gasteiger partial charge in [0.1, 0.15) is 4.90 Å². The summed E-state index contributed by atoms with van der Waals surface area (Å²) < 4.78 is 26.9. The van der Waals surface area contributed by atoms with Gasteiger partial charge >= 0.3 is 0 Å². The van der Waals surface area contributed by atoms with Gasteiger partial charge in [-0.25, -0.2) is 8.42 Å². The highest BCUT2D eigenvalue weighted by Gasteiger charge is 2.51. The number of sulfonamides is 1. The first kappa shape index (κ1) is 13.5. The zero-order valence-corrected chi connectivity index (χ0v) is 12.4. The molecule has 1 aliphatic heterocycles. The van der Waals surface area contributed by atoms with Crippen LogP contribution in [0, 0.1) is 0 Å². The molecule has 1 fully saturated rings. The van der Waals surface area contributed by atoms with Crippen LogP contribution in [0.4, 0.5) is 5.69 Å². The van der Waals surface area contributed by atoms with E-state index in [0.717, 1.165) is 18.5 Å². The predicted molar refractivity (Wildman–Crippen MR) is 75.5 cm³/mol. The minimum Gasteiger partial charge on any atom is -0.366 e. The maximum atomic E-state index is 12.5. The molecule has 1 heterocycles. The van der Waals surface area contributed by atoms with Crippen LogP contribution in [-0.2, 0) is 10.0 Å². The van der Waals surface area contributed by atoms with Crippen LogP contribution in [0.3, 0.4) is 0 Å². The average molecular weight is 296 g/mol. The number of hydrogen-bond acceptors (Lipinski definition) is 3. The number of primary amides is 1. The SMILES string of the molecule is CN1C[N+](C)(C2CC2)c2ccc(C(N)=O)cc2S1(=O)=O. The Morgan fingerprint density at radius 3 is 2.60 bits per heavy atom. The molecule has 3 rings (SSSR count). The van der Waals surface area contributed by atoms with Crippen LogP contribution in [0.1, 0.15) is 23.2 Å². The zero-order chi connectivity index (χ0) is 14.7. The van der Waals surface area contributed by atoms with Crippen molar-refractivity contribution in [1.29, 1.82) is 0 Å². The Labute approximate surface area is 118 Å². The van der Waals surface area contributed by atoms with Crippen LogP contribution in [0.2, 0.25) is 0 Å². The van der Waals surface area contributed by atoms with Crippen LogP contribution in [0.15, 0.2) is 23.1 Å². The second-order valence-corrected chi connectivity index (χ2v) is 7.80. The van der Waals surface area contributed by atoms with Crippen molar-refractivity contribution in [2.24, 2.45) is 5.73 Å². The summed E-state index contributed by atoms with van der Waals surface area (Å²) >= 11 is 0. The van der Waals surface area contributed by atoms with Crippen LogP contribution < -0.4 is 10.2 Å². The molecule has 6 nitrogen and oxygen atoms in total. The van der Waals surface area contributed by atoms with Crippen molar-refractivity contribution < 1.29 is 13.2 Å². The van der Waals surface area contributed by atoms with Gasteiger partial charge in [-0.2, -0.15) is 4.31 Å². The van der Waals surface area contributed by atoms with E-state index in [1.165, 1.54) is 10.4 Å². The summed E-state index contributed by atoms with van der Waals surface area (Å²) in [5.74, 6) is -0.614. The second-order valence-electron chi connectivity index (χ2n) is 5.79. The summed E-state index contributed by atoms with van der Waals surface area (Å²) in [4.78, 5) is 11.5. The van der Waals surface area contributed by atoms with Crippen molar-refractivity contribution in [1.82, 2.24) is 8.79 Å². The number of benzene rings is 1. The van der Waals surface area contributed by atoms with E-state index >= 15 is 0 Å². The Morgan fingerprint density at radius 1 is 1.40 bits per heavy atom. The molecule has 1 atom stereocenters. The lowest BCUT2D eigenvalue weighted by Crippen LogP contribution is -2.58. The highest BCUT2D eigenvalue weighted by Crippen LogP contribution is 2.44.